The number of imidazole rings is 1. The van der Waals surface area contributed by atoms with E-state index < -0.39 is 0 Å². The molecule has 3 heterocycles. The Balaban J connectivity index is 1.38. The summed E-state index contributed by atoms with van der Waals surface area (Å²) in [7, 11) is 0. The lowest BCUT2D eigenvalue weighted by molar-refractivity contribution is -0.117. The summed E-state index contributed by atoms with van der Waals surface area (Å²) >= 11 is 1.47. The molecule has 1 amide bonds. The predicted molar refractivity (Wildman–Crippen MR) is 105 cm³/mol. The maximum atomic E-state index is 12.1. The van der Waals surface area contributed by atoms with Gasteiger partial charge in [-0.15, -0.1) is 11.3 Å². The fourth-order valence-corrected chi connectivity index (χ4v) is 3.91. The van der Waals surface area contributed by atoms with E-state index in [4.69, 9.17) is 0 Å². The lowest BCUT2D eigenvalue weighted by atomic mass is 10.2. The number of hydrogen-bond acceptors (Lipinski definition) is 6. The fourth-order valence-electron chi connectivity index (χ4n) is 3.20. The van der Waals surface area contributed by atoms with Crippen LogP contribution in [0.25, 0.3) is 0 Å². The van der Waals surface area contributed by atoms with Gasteiger partial charge in [0, 0.05) is 63.0 Å². The predicted octanol–water partition coefficient (Wildman–Crippen LogP) is 2.03. The molecule has 0 aromatic carbocycles. The first-order valence-corrected chi connectivity index (χ1v) is 10.1. The Morgan fingerprint density at radius 3 is 2.62 bits per heavy atom. The minimum Gasteiger partial charge on any atom is -0.333 e. The van der Waals surface area contributed by atoms with Gasteiger partial charge in [0.05, 0.1) is 12.2 Å². The van der Waals surface area contributed by atoms with Crippen molar-refractivity contribution in [3.05, 3.63) is 29.3 Å². The van der Waals surface area contributed by atoms with Gasteiger partial charge in [-0.05, 0) is 6.92 Å². The van der Waals surface area contributed by atoms with Crippen LogP contribution < -0.4 is 5.32 Å². The van der Waals surface area contributed by atoms with Gasteiger partial charge in [-0.3, -0.25) is 14.6 Å². The number of amides is 1. The van der Waals surface area contributed by atoms with Crippen LogP contribution >= 0.6 is 11.3 Å². The van der Waals surface area contributed by atoms with Crippen LogP contribution in [0.2, 0.25) is 0 Å². The van der Waals surface area contributed by atoms with Crippen molar-refractivity contribution in [3.63, 3.8) is 0 Å². The first-order valence-electron chi connectivity index (χ1n) is 9.19. The number of nitrogens with zero attached hydrogens (tertiary/aromatic N) is 5. The molecule has 142 valence electrons. The summed E-state index contributed by atoms with van der Waals surface area (Å²) in [5.74, 6) is 1.62. The molecule has 1 fully saturated rings. The summed E-state index contributed by atoms with van der Waals surface area (Å²) in [6, 6.07) is 0. The van der Waals surface area contributed by atoms with Gasteiger partial charge in [0.2, 0.25) is 5.91 Å². The van der Waals surface area contributed by atoms with Crippen LogP contribution in [-0.4, -0.2) is 69.5 Å². The van der Waals surface area contributed by atoms with E-state index >= 15 is 0 Å². The molecule has 0 spiro atoms. The molecular weight excluding hydrogens is 348 g/mol. The van der Waals surface area contributed by atoms with Crippen molar-refractivity contribution in [1.29, 1.82) is 0 Å². The van der Waals surface area contributed by atoms with Gasteiger partial charge in [0.1, 0.15) is 5.82 Å². The second-order valence-corrected chi connectivity index (χ2v) is 7.95. The molecular formula is C18H28N6OS. The number of aryl methyl sites for hydroxylation is 1. The highest BCUT2D eigenvalue weighted by Crippen LogP contribution is 2.14. The van der Waals surface area contributed by atoms with Gasteiger partial charge in [0.25, 0.3) is 0 Å². The first kappa shape index (κ1) is 19.0. The van der Waals surface area contributed by atoms with E-state index in [1.54, 1.807) is 0 Å². The third-order valence-corrected chi connectivity index (χ3v) is 5.49. The molecule has 8 heteroatoms. The van der Waals surface area contributed by atoms with Gasteiger partial charge in [-0.2, -0.15) is 0 Å². The highest BCUT2D eigenvalue weighted by Gasteiger charge is 2.19. The van der Waals surface area contributed by atoms with E-state index in [9.17, 15) is 4.79 Å². The molecule has 0 saturated carbocycles. The summed E-state index contributed by atoms with van der Waals surface area (Å²) in [6.07, 6.45) is 3.95. The molecule has 1 aliphatic heterocycles. The van der Waals surface area contributed by atoms with Crippen LogP contribution in [0.4, 0.5) is 5.13 Å². The van der Waals surface area contributed by atoms with E-state index in [-0.39, 0.29) is 5.91 Å². The summed E-state index contributed by atoms with van der Waals surface area (Å²) in [4.78, 5) is 25.5. The molecule has 26 heavy (non-hydrogen) atoms. The Morgan fingerprint density at radius 1 is 1.23 bits per heavy atom. The Hall–Kier alpha value is -1.77. The summed E-state index contributed by atoms with van der Waals surface area (Å²) in [5, 5.41) is 5.52. The number of carbonyl (C=O) groups is 1. The molecule has 2 aromatic rings. The maximum absolute atomic E-state index is 12.1. The van der Waals surface area contributed by atoms with Crippen LogP contribution in [-0.2, 0) is 11.3 Å². The number of thiazole rings is 1. The number of carbonyl (C=O) groups excluding carboxylic acids is 1. The van der Waals surface area contributed by atoms with E-state index in [0.717, 1.165) is 50.8 Å². The zero-order valence-corrected chi connectivity index (χ0v) is 16.6. The molecule has 0 aliphatic carbocycles. The summed E-state index contributed by atoms with van der Waals surface area (Å²) in [5.41, 5.74) is 0.942. The van der Waals surface area contributed by atoms with Crippen LogP contribution in [0.3, 0.4) is 0 Å². The third kappa shape index (κ3) is 5.12. The standard InChI is InChI=1S/C18H28N6OS/c1-14(2)17-19-4-5-24(17)11-10-22-6-8-23(9-7-22)12-16(25)21-18-20-15(3)13-26-18/h4-5,13-14H,6-12H2,1-3H3,(H,20,21,25). The summed E-state index contributed by atoms with van der Waals surface area (Å²) in [6.45, 7) is 12.5. The quantitative estimate of drug-likeness (QED) is 0.801. The molecule has 1 saturated heterocycles. The van der Waals surface area contributed by atoms with Crippen molar-refractivity contribution in [2.24, 2.45) is 0 Å². The fraction of sp³-hybridized carbons (Fsp3) is 0.611. The minimum atomic E-state index is 0.0211. The lowest BCUT2D eigenvalue weighted by Crippen LogP contribution is -2.49. The lowest BCUT2D eigenvalue weighted by Gasteiger charge is -2.34. The Morgan fingerprint density at radius 2 is 1.96 bits per heavy atom. The highest BCUT2D eigenvalue weighted by molar-refractivity contribution is 7.13. The van der Waals surface area contributed by atoms with Crippen molar-refractivity contribution in [2.75, 3.05) is 44.6 Å². The number of anilines is 1. The first-order chi connectivity index (χ1) is 12.5. The average molecular weight is 377 g/mol. The summed E-state index contributed by atoms with van der Waals surface area (Å²) < 4.78 is 2.25. The van der Waals surface area contributed by atoms with Crippen molar-refractivity contribution in [3.8, 4) is 0 Å². The Bertz CT molecular complexity index is 717. The van der Waals surface area contributed by atoms with Crippen molar-refractivity contribution in [1.82, 2.24) is 24.3 Å². The number of aromatic nitrogens is 3. The monoisotopic (exact) mass is 376 g/mol. The van der Waals surface area contributed by atoms with Crippen molar-refractivity contribution < 1.29 is 4.79 Å². The van der Waals surface area contributed by atoms with Gasteiger partial charge < -0.3 is 9.88 Å². The number of hydrogen-bond donors (Lipinski definition) is 1. The number of nitrogens with one attached hydrogen (secondary N) is 1. The zero-order chi connectivity index (χ0) is 18.5. The second-order valence-electron chi connectivity index (χ2n) is 7.09. The molecule has 0 unspecified atom stereocenters. The average Bonchev–Trinajstić information content (AvgIpc) is 3.23. The van der Waals surface area contributed by atoms with Gasteiger partial charge in [-0.1, -0.05) is 13.8 Å². The van der Waals surface area contributed by atoms with Crippen molar-refractivity contribution >= 4 is 22.4 Å². The van der Waals surface area contributed by atoms with Crippen molar-refractivity contribution in [2.45, 2.75) is 33.2 Å². The topological polar surface area (TPSA) is 66.3 Å². The van der Waals surface area contributed by atoms with Gasteiger partial charge in [-0.25, -0.2) is 9.97 Å². The Kier molecular flexibility index (Phi) is 6.39. The van der Waals surface area contributed by atoms with E-state index in [1.807, 2.05) is 18.5 Å². The van der Waals surface area contributed by atoms with E-state index in [2.05, 4.69) is 49.7 Å². The molecule has 1 aliphatic rings. The molecule has 3 rings (SSSR count). The number of piperazine rings is 1. The third-order valence-electron chi connectivity index (χ3n) is 4.62. The number of rotatable bonds is 7. The normalized spacial score (nSPS) is 16.3. The van der Waals surface area contributed by atoms with Crippen LogP contribution in [0.15, 0.2) is 17.8 Å². The molecule has 0 bridgehead atoms. The minimum absolute atomic E-state index is 0.0211. The van der Waals surface area contributed by atoms with Gasteiger partial charge in [0.15, 0.2) is 5.13 Å². The van der Waals surface area contributed by atoms with E-state index in [1.165, 1.54) is 11.3 Å². The van der Waals surface area contributed by atoms with Crippen LogP contribution in [0.1, 0.15) is 31.3 Å². The highest BCUT2D eigenvalue weighted by atomic mass is 32.1. The molecule has 7 nitrogen and oxygen atoms in total. The molecule has 2 aromatic heterocycles. The molecule has 0 atom stereocenters. The maximum Gasteiger partial charge on any atom is 0.240 e. The molecule has 0 radical (unpaired) electrons. The molecule has 1 N–H and O–H groups in total. The van der Waals surface area contributed by atoms with Gasteiger partial charge >= 0.3 is 0 Å². The second kappa shape index (κ2) is 8.75. The SMILES string of the molecule is Cc1csc(NC(=O)CN2CCN(CCn3ccnc3C(C)C)CC2)n1. The van der Waals surface area contributed by atoms with Crippen LogP contribution in [0.5, 0.6) is 0 Å². The Labute approximate surface area is 159 Å². The van der Waals surface area contributed by atoms with Crippen LogP contribution in [0, 0.1) is 6.92 Å². The largest absolute Gasteiger partial charge is 0.333 e. The smallest absolute Gasteiger partial charge is 0.240 e. The van der Waals surface area contributed by atoms with E-state index in [0.29, 0.717) is 17.6 Å². The zero-order valence-electron chi connectivity index (χ0n) is 15.8.